The van der Waals surface area contributed by atoms with Crippen LogP contribution in [0.1, 0.15) is 32.6 Å². The average molecular weight is 216 g/mol. The second-order valence-corrected chi connectivity index (χ2v) is 5.40. The quantitative estimate of drug-likeness (QED) is 0.670. The summed E-state index contributed by atoms with van der Waals surface area (Å²) in [5.74, 6) is 1.12. The molecule has 1 aliphatic rings. The van der Waals surface area contributed by atoms with Crippen molar-refractivity contribution in [1.29, 1.82) is 0 Å². The first kappa shape index (κ1) is 11.9. The van der Waals surface area contributed by atoms with E-state index in [0.29, 0.717) is 17.7 Å². The Bertz CT molecular complexity index is 183. The van der Waals surface area contributed by atoms with E-state index in [2.05, 4.69) is 12.2 Å². The van der Waals surface area contributed by atoms with E-state index in [-0.39, 0.29) is 5.91 Å². The summed E-state index contributed by atoms with van der Waals surface area (Å²) < 4.78 is 0. The molecule has 3 nitrogen and oxygen atoms in total. The fourth-order valence-corrected chi connectivity index (χ4v) is 2.21. The van der Waals surface area contributed by atoms with Gasteiger partial charge in [0.15, 0.2) is 0 Å². The molecule has 0 radical (unpaired) electrons. The molecule has 4 heteroatoms. The molecule has 0 aromatic carbocycles. The largest absolute Gasteiger partial charge is 0.353 e. The summed E-state index contributed by atoms with van der Waals surface area (Å²) in [6, 6.07) is 0.494. The molecular weight excluding hydrogens is 196 g/mol. The Hall–Kier alpha value is -0.220. The molecule has 1 atom stereocenters. The number of thioether (sulfide) groups is 1. The van der Waals surface area contributed by atoms with Gasteiger partial charge in [-0.3, -0.25) is 4.79 Å². The summed E-state index contributed by atoms with van der Waals surface area (Å²) >= 11 is 1.84. The maximum atomic E-state index is 11.3. The van der Waals surface area contributed by atoms with Crippen LogP contribution in [0, 0.1) is 0 Å². The Balaban J connectivity index is 1.93. The topological polar surface area (TPSA) is 55.1 Å². The van der Waals surface area contributed by atoms with Crippen molar-refractivity contribution in [2.45, 2.75) is 43.9 Å². The van der Waals surface area contributed by atoms with Gasteiger partial charge < -0.3 is 11.1 Å². The highest BCUT2D eigenvalue weighted by atomic mass is 32.2. The number of hydrogen-bond acceptors (Lipinski definition) is 3. The van der Waals surface area contributed by atoms with Gasteiger partial charge in [0.25, 0.3) is 0 Å². The van der Waals surface area contributed by atoms with Crippen molar-refractivity contribution in [3.63, 3.8) is 0 Å². The maximum Gasteiger partial charge on any atom is 0.221 e. The molecule has 1 aliphatic carbocycles. The van der Waals surface area contributed by atoms with E-state index in [4.69, 9.17) is 5.73 Å². The minimum absolute atomic E-state index is 0.208. The van der Waals surface area contributed by atoms with Gasteiger partial charge in [-0.25, -0.2) is 0 Å². The number of nitrogens with one attached hydrogen (secondary N) is 1. The zero-order chi connectivity index (χ0) is 10.4. The van der Waals surface area contributed by atoms with E-state index in [9.17, 15) is 4.79 Å². The number of carbonyl (C=O) groups is 1. The van der Waals surface area contributed by atoms with E-state index in [1.165, 1.54) is 12.8 Å². The molecule has 0 aromatic rings. The lowest BCUT2D eigenvalue weighted by Crippen LogP contribution is -2.25. The first-order valence-electron chi connectivity index (χ1n) is 5.33. The van der Waals surface area contributed by atoms with Crippen molar-refractivity contribution in [3.8, 4) is 0 Å². The van der Waals surface area contributed by atoms with Gasteiger partial charge in [0.2, 0.25) is 5.91 Å². The first-order valence-corrected chi connectivity index (χ1v) is 6.38. The van der Waals surface area contributed by atoms with E-state index in [1.54, 1.807) is 0 Å². The van der Waals surface area contributed by atoms with Crippen molar-refractivity contribution in [1.82, 2.24) is 5.32 Å². The van der Waals surface area contributed by atoms with Gasteiger partial charge in [-0.1, -0.05) is 6.92 Å². The molecule has 14 heavy (non-hydrogen) atoms. The maximum absolute atomic E-state index is 11.3. The molecule has 1 fully saturated rings. The molecule has 1 saturated carbocycles. The molecule has 1 unspecified atom stereocenters. The van der Waals surface area contributed by atoms with Gasteiger partial charge >= 0.3 is 0 Å². The van der Waals surface area contributed by atoms with Gasteiger partial charge in [0, 0.05) is 23.5 Å². The van der Waals surface area contributed by atoms with Crippen LogP contribution in [0.5, 0.6) is 0 Å². The third-order valence-corrected chi connectivity index (χ3v) is 3.49. The highest BCUT2D eigenvalue weighted by Crippen LogP contribution is 2.19. The third-order valence-electron chi connectivity index (χ3n) is 2.25. The molecule has 0 aromatic heterocycles. The van der Waals surface area contributed by atoms with Crippen LogP contribution in [-0.2, 0) is 4.79 Å². The second-order valence-electron chi connectivity index (χ2n) is 3.85. The summed E-state index contributed by atoms with van der Waals surface area (Å²) in [4.78, 5) is 11.3. The lowest BCUT2D eigenvalue weighted by atomic mass is 10.3. The Morgan fingerprint density at radius 3 is 2.93 bits per heavy atom. The van der Waals surface area contributed by atoms with Crippen LogP contribution < -0.4 is 11.1 Å². The monoisotopic (exact) mass is 216 g/mol. The Labute approximate surface area is 90.2 Å². The second kappa shape index (κ2) is 6.30. The fraction of sp³-hybridized carbons (Fsp3) is 0.900. The SMILES string of the molecule is CC(CCN)SCCC(=O)NC1CC1. The van der Waals surface area contributed by atoms with Gasteiger partial charge in [0.05, 0.1) is 0 Å². The summed E-state index contributed by atoms with van der Waals surface area (Å²) in [7, 11) is 0. The van der Waals surface area contributed by atoms with Crippen molar-refractivity contribution in [2.24, 2.45) is 5.73 Å². The number of hydrogen-bond donors (Lipinski definition) is 2. The minimum atomic E-state index is 0.208. The summed E-state index contributed by atoms with van der Waals surface area (Å²) in [5.41, 5.74) is 5.44. The summed E-state index contributed by atoms with van der Waals surface area (Å²) in [6.45, 7) is 2.90. The highest BCUT2D eigenvalue weighted by Gasteiger charge is 2.22. The summed E-state index contributed by atoms with van der Waals surface area (Å²) in [5, 5.41) is 3.56. The van der Waals surface area contributed by atoms with Crippen molar-refractivity contribution in [2.75, 3.05) is 12.3 Å². The number of carbonyl (C=O) groups excluding carboxylic acids is 1. The average Bonchev–Trinajstić information content (AvgIpc) is 2.88. The van der Waals surface area contributed by atoms with E-state index < -0.39 is 0 Å². The number of rotatable bonds is 7. The fourth-order valence-electron chi connectivity index (χ4n) is 1.20. The van der Waals surface area contributed by atoms with Crippen LogP contribution >= 0.6 is 11.8 Å². The Morgan fingerprint density at radius 1 is 1.64 bits per heavy atom. The van der Waals surface area contributed by atoms with Crippen LogP contribution in [0.3, 0.4) is 0 Å². The first-order chi connectivity index (χ1) is 6.72. The normalized spacial score (nSPS) is 17.9. The van der Waals surface area contributed by atoms with Gasteiger partial charge in [-0.2, -0.15) is 11.8 Å². The van der Waals surface area contributed by atoms with Crippen LogP contribution in [-0.4, -0.2) is 29.5 Å². The van der Waals surface area contributed by atoms with E-state index in [0.717, 1.165) is 18.7 Å². The minimum Gasteiger partial charge on any atom is -0.353 e. The number of amides is 1. The molecule has 1 amide bonds. The smallest absolute Gasteiger partial charge is 0.221 e. The lowest BCUT2D eigenvalue weighted by molar-refractivity contribution is -0.120. The molecule has 1 rings (SSSR count). The van der Waals surface area contributed by atoms with E-state index >= 15 is 0 Å². The highest BCUT2D eigenvalue weighted by molar-refractivity contribution is 7.99. The Morgan fingerprint density at radius 2 is 2.36 bits per heavy atom. The predicted octanol–water partition coefficient (Wildman–Crippen LogP) is 1.13. The predicted molar refractivity (Wildman–Crippen MR) is 61.4 cm³/mol. The molecule has 0 aliphatic heterocycles. The van der Waals surface area contributed by atoms with Gasteiger partial charge in [0.1, 0.15) is 0 Å². The zero-order valence-electron chi connectivity index (χ0n) is 8.79. The molecule has 0 heterocycles. The van der Waals surface area contributed by atoms with Crippen LogP contribution in [0.15, 0.2) is 0 Å². The molecule has 0 spiro atoms. The van der Waals surface area contributed by atoms with Crippen LogP contribution in [0.25, 0.3) is 0 Å². The van der Waals surface area contributed by atoms with Crippen molar-refractivity contribution in [3.05, 3.63) is 0 Å². The molecule has 0 bridgehead atoms. The van der Waals surface area contributed by atoms with Crippen LogP contribution in [0.4, 0.5) is 0 Å². The zero-order valence-corrected chi connectivity index (χ0v) is 9.61. The number of nitrogens with two attached hydrogens (primary N) is 1. The molecular formula is C10H20N2OS. The third kappa shape index (κ3) is 5.50. The standard InChI is InChI=1S/C10H20N2OS/c1-8(4-6-11)14-7-5-10(13)12-9-2-3-9/h8-9H,2-7,11H2,1H3,(H,12,13). The van der Waals surface area contributed by atoms with Gasteiger partial charge in [-0.15, -0.1) is 0 Å². The van der Waals surface area contributed by atoms with Crippen molar-refractivity contribution >= 4 is 17.7 Å². The van der Waals surface area contributed by atoms with Crippen molar-refractivity contribution < 1.29 is 4.79 Å². The molecule has 3 N–H and O–H groups in total. The van der Waals surface area contributed by atoms with Crippen LogP contribution in [0.2, 0.25) is 0 Å². The van der Waals surface area contributed by atoms with Gasteiger partial charge in [-0.05, 0) is 25.8 Å². The lowest BCUT2D eigenvalue weighted by Gasteiger charge is -2.09. The Kier molecular flexibility index (Phi) is 5.33. The molecule has 0 saturated heterocycles. The van der Waals surface area contributed by atoms with E-state index in [1.807, 2.05) is 11.8 Å². The summed E-state index contributed by atoms with van der Waals surface area (Å²) in [6.07, 6.45) is 4.02. The molecule has 82 valence electrons.